The van der Waals surface area contributed by atoms with Gasteiger partial charge >= 0.3 is 0 Å². The number of amides is 1. The van der Waals surface area contributed by atoms with E-state index in [4.69, 9.17) is 4.74 Å². The summed E-state index contributed by atoms with van der Waals surface area (Å²) in [5.41, 5.74) is 2.11. The zero-order valence-corrected chi connectivity index (χ0v) is 11.5. The van der Waals surface area contributed by atoms with Crippen LogP contribution in [-0.2, 0) is 16.6 Å². The number of hydrogen-bond donors (Lipinski definition) is 2. The van der Waals surface area contributed by atoms with E-state index < -0.39 is 0 Å². The zero-order valence-electron chi connectivity index (χ0n) is 11.5. The Hall–Kier alpha value is -1.40. The van der Waals surface area contributed by atoms with Crippen LogP contribution in [0, 0.1) is 6.92 Å². The Kier molecular flexibility index (Phi) is 5.80. The highest BCUT2D eigenvalue weighted by Crippen LogP contribution is 2.15. The molecule has 0 radical (unpaired) electrons. The molecule has 0 aromatic carbocycles. The summed E-state index contributed by atoms with van der Waals surface area (Å²) in [5, 5.41) is 10.1. The van der Waals surface area contributed by atoms with Gasteiger partial charge in [-0.2, -0.15) is 5.10 Å². The molecule has 1 aromatic heterocycles. The lowest BCUT2D eigenvalue weighted by Crippen LogP contribution is -2.36. The fourth-order valence-corrected chi connectivity index (χ4v) is 1.69. The summed E-state index contributed by atoms with van der Waals surface area (Å²) >= 11 is 0. The van der Waals surface area contributed by atoms with E-state index in [1.54, 1.807) is 18.0 Å². The molecule has 0 aliphatic heterocycles. The smallest absolute Gasteiger partial charge is 0.234 e. The second kappa shape index (κ2) is 7.13. The van der Waals surface area contributed by atoms with Crippen molar-refractivity contribution in [1.29, 1.82) is 0 Å². The lowest BCUT2D eigenvalue weighted by Gasteiger charge is -2.14. The Morgan fingerprint density at radius 2 is 2.33 bits per heavy atom. The molecule has 6 heteroatoms. The van der Waals surface area contributed by atoms with Gasteiger partial charge in [0.05, 0.1) is 25.4 Å². The van der Waals surface area contributed by atoms with E-state index in [0.29, 0.717) is 19.7 Å². The molecule has 1 rings (SSSR count). The van der Waals surface area contributed by atoms with Crippen LogP contribution in [0.5, 0.6) is 0 Å². The topological polar surface area (TPSA) is 68.2 Å². The number of methoxy groups -OCH3 is 1. The van der Waals surface area contributed by atoms with Gasteiger partial charge in [-0.05, 0) is 13.8 Å². The Balaban J connectivity index is 2.38. The van der Waals surface area contributed by atoms with Gasteiger partial charge in [-0.1, -0.05) is 0 Å². The fraction of sp³-hybridized carbons (Fsp3) is 0.667. The van der Waals surface area contributed by atoms with Crippen LogP contribution in [0.25, 0.3) is 0 Å². The standard InChI is InChI=1S/C12H22N4O2/c1-9(11-7-14-16(3)10(11)2)15-12(17)8-13-5-6-18-4/h7,9,13H,5-6,8H2,1-4H3,(H,15,17). The van der Waals surface area contributed by atoms with Crippen molar-refractivity contribution in [2.24, 2.45) is 7.05 Å². The van der Waals surface area contributed by atoms with Crippen LogP contribution in [-0.4, -0.2) is 42.5 Å². The number of carbonyl (C=O) groups is 1. The van der Waals surface area contributed by atoms with E-state index in [1.165, 1.54) is 0 Å². The first-order chi connectivity index (χ1) is 8.56. The maximum Gasteiger partial charge on any atom is 0.234 e. The van der Waals surface area contributed by atoms with Crippen molar-refractivity contribution in [1.82, 2.24) is 20.4 Å². The number of nitrogens with zero attached hydrogens (tertiary/aromatic N) is 2. The highest BCUT2D eigenvalue weighted by atomic mass is 16.5. The second-order valence-electron chi connectivity index (χ2n) is 4.27. The number of carbonyl (C=O) groups excluding carboxylic acids is 1. The first-order valence-electron chi connectivity index (χ1n) is 6.03. The first-order valence-corrected chi connectivity index (χ1v) is 6.03. The summed E-state index contributed by atoms with van der Waals surface area (Å²) in [4.78, 5) is 11.7. The molecule has 1 aromatic rings. The maximum atomic E-state index is 11.7. The molecule has 1 unspecified atom stereocenters. The van der Waals surface area contributed by atoms with Crippen molar-refractivity contribution in [3.05, 3.63) is 17.5 Å². The van der Waals surface area contributed by atoms with Crippen molar-refractivity contribution in [2.45, 2.75) is 19.9 Å². The number of ether oxygens (including phenoxy) is 1. The quantitative estimate of drug-likeness (QED) is 0.679. The Morgan fingerprint density at radius 3 is 2.89 bits per heavy atom. The van der Waals surface area contributed by atoms with E-state index in [-0.39, 0.29) is 11.9 Å². The highest BCUT2D eigenvalue weighted by Gasteiger charge is 2.13. The van der Waals surface area contributed by atoms with Gasteiger partial charge in [0.1, 0.15) is 0 Å². The van der Waals surface area contributed by atoms with Crippen molar-refractivity contribution in [3.63, 3.8) is 0 Å². The summed E-state index contributed by atoms with van der Waals surface area (Å²) < 4.78 is 6.69. The van der Waals surface area contributed by atoms with Gasteiger partial charge in [-0.25, -0.2) is 0 Å². The average molecular weight is 254 g/mol. The minimum absolute atomic E-state index is 0.0261. The van der Waals surface area contributed by atoms with E-state index in [1.807, 2.05) is 20.9 Å². The monoisotopic (exact) mass is 254 g/mol. The number of nitrogens with one attached hydrogen (secondary N) is 2. The largest absolute Gasteiger partial charge is 0.383 e. The average Bonchev–Trinajstić information content (AvgIpc) is 2.66. The molecular weight excluding hydrogens is 232 g/mol. The Bertz CT molecular complexity index is 389. The minimum atomic E-state index is -0.0320. The molecule has 0 saturated carbocycles. The van der Waals surface area contributed by atoms with E-state index >= 15 is 0 Å². The lowest BCUT2D eigenvalue weighted by molar-refractivity contribution is -0.120. The van der Waals surface area contributed by atoms with Crippen LogP contribution in [0.2, 0.25) is 0 Å². The molecule has 2 N–H and O–H groups in total. The minimum Gasteiger partial charge on any atom is -0.383 e. The molecule has 0 saturated heterocycles. The summed E-state index contributed by atoms with van der Waals surface area (Å²) in [7, 11) is 3.52. The third-order valence-corrected chi connectivity index (χ3v) is 2.89. The molecule has 1 atom stereocenters. The molecule has 1 heterocycles. The first kappa shape index (κ1) is 14.7. The van der Waals surface area contributed by atoms with Crippen LogP contribution in [0.1, 0.15) is 24.2 Å². The van der Waals surface area contributed by atoms with Crippen LogP contribution < -0.4 is 10.6 Å². The van der Waals surface area contributed by atoms with Crippen molar-refractivity contribution in [3.8, 4) is 0 Å². The SMILES string of the molecule is COCCNCC(=O)NC(C)c1cnn(C)c1C. The molecule has 0 bridgehead atoms. The van der Waals surface area contributed by atoms with Gasteiger partial charge < -0.3 is 15.4 Å². The molecule has 0 aliphatic rings. The maximum absolute atomic E-state index is 11.7. The molecule has 1 amide bonds. The lowest BCUT2D eigenvalue weighted by atomic mass is 10.1. The number of hydrogen-bond acceptors (Lipinski definition) is 4. The fourth-order valence-electron chi connectivity index (χ4n) is 1.69. The summed E-state index contributed by atoms with van der Waals surface area (Å²) in [5.74, 6) is -0.0261. The van der Waals surface area contributed by atoms with Gasteiger partial charge in [0.15, 0.2) is 0 Å². The van der Waals surface area contributed by atoms with Gasteiger partial charge in [0.25, 0.3) is 0 Å². The van der Waals surface area contributed by atoms with E-state index in [9.17, 15) is 4.79 Å². The Morgan fingerprint density at radius 1 is 1.61 bits per heavy atom. The van der Waals surface area contributed by atoms with Crippen LogP contribution in [0.3, 0.4) is 0 Å². The summed E-state index contributed by atoms with van der Waals surface area (Å²) in [6.45, 7) is 5.51. The van der Waals surface area contributed by atoms with Crippen LogP contribution in [0.4, 0.5) is 0 Å². The van der Waals surface area contributed by atoms with Crippen LogP contribution >= 0.6 is 0 Å². The third-order valence-electron chi connectivity index (χ3n) is 2.89. The summed E-state index contributed by atoms with van der Waals surface area (Å²) in [6.07, 6.45) is 1.79. The third kappa shape index (κ3) is 4.12. The van der Waals surface area contributed by atoms with Gasteiger partial charge in [-0.3, -0.25) is 9.48 Å². The van der Waals surface area contributed by atoms with Gasteiger partial charge in [0, 0.05) is 32.0 Å². The van der Waals surface area contributed by atoms with E-state index in [0.717, 1.165) is 11.3 Å². The zero-order chi connectivity index (χ0) is 13.5. The molecule has 0 aliphatic carbocycles. The molecular formula is C12H22N4O2. The molecule has 102 valence electrons. The predicted molar refractivity (Wildman–Crippen MR) is 69.2 cm³/mol. The number of rotatable bonds is 7. The van der Waals surface area contributed by atoms with Crippen molar-refractivity contribution < 1.29 is 9.53 Å². The Labute approximate surface area is 108 Å². The van der Waals surface area contributed by atoms with Crippen molar-refractivity contribution in [2.75, 3.05) is 26.8 Å². The van der Waals surface area contributed by atoms with Gasteiger partial charge in [0.2, 0.25) is 5.91 Å². The van der Waals surface area contributed by atoms with Crippen LogP contribution in [0.15, 0.2) is 6.20 Å². The normalized spacial score (nSPS) is 12.4. The molecule has 0 fully saturated rings. The van der Waals surface area contributed by atoms with Crippen molar-refractivity contribution >= 4 is 5.91 Å². The summed E-state index contributed by atoms with van der Waals surface area (Å²) in [6, 6.07) is -0.0320. The van der Waals surface area contributed by atoms with E-state index in [2.05, 4.69) is 15.7 Å². The highest BCUT2D eigenvalue weighted by molar-refractivity contribution is 5.78. The van der Waals surface area contributed by atoms with Gasteiger partial charge in [-0.15, -0.1) is 0 Å². The molecule has 6 nitrogen and oxygen atoms in total. The number of aryl methyl sites for hydroxylation is 1. The second-order valence-corrected chi connectivity index (χ2v) is 4.27. The number of aromatic nitrogens is 2. The molecule has 0 spiro atoms. The predicted octanol–water partition coefficient (Wildman–Crippen LogP) is 0.142. The molecule has 18 heavy (non-hydrogen) atoms.